The van der Waals surface area contributed by atoms with Crippen molar-refractivity contribution in [3.05, 3.63) is 57.7 Å². The minimum absolute atomic E-state index is 0.0387. The largest absolute Gasteiger partial charge is 0.497 e. The Balaban J connectivity index is 2.16. The molecule has 2 rings (SSSR count). The van der Waals surface area contributed by atoms with Gasteiger partial charge in [0.15, 0.2) is 6.61 Å². The normalized spacial score (nSPS) is 12.6. The second-order valence-electron chi connectivity index (χ2n) is 7.11. The van der Waals surface area contributed by atoms with Crippen molar-refractivity contribution in [1.82, 2.24) is 10.2 Å². The van der Waals surface area contributed by atoms with Crippen molar-refractivity contribution < 1.29 is 19.1 Å². The summed E-state index contributed by atoms with van der Waals surface area (Å²) in [6.07, 6.45) is 0.818. The summed E-state index contributed by atoms with van der Waals surface area (Å²) in [6.45, 7) is 5.82. The second-order valence-corrected chi connectivity index (χ2v) is 8.36. The molecule has 2 unspecified atom stereocenters. The minimum Gasteiger partial charge on any atom is -0.497 e. The third-order valence-electron chi connectivity index (χ3n) is 4.83. The third-order valence-corrected chi connectivity index (χ3v) is 5.55. The van der Waals surface area contributed by atoms with Crippen LogP contribution in [0, 0.1) is 3.57 Å². The number of halogens is 1. The van der Waals surface area contributed by atoms with Gasteiger partial charge in [0.25, 0.3) is 5.91 Å². The molecule has 7 heteroatoms. The average molecular weight is 524 g/mol. The zero-order chi connectivity index (χ0) is 22.1. The lowest BCUT2D eigenvalue weighted by molar-refractivity contribution is -0.142. The van der Waals surface area contributed by atoms with Crippen LogP contribution < -0.4 is 14.8 Å². The summed E-state index contributed by atoms with van der Waals surface area (Å²) in [7, 11) is 1.60. The number of nitrogens with zero attached hydrogens (tertiary/aromatic N) is 1. The van der Waals surface area contributed by atoms with Crippen molar-refractivity contribution in [2.75, 3.05) is 13.7 Å². The fraction of sp³-hybridized carbons (Fsp3) is 0.391. The molecule has 0 aliphatic heterocycles. The van der Waals surface area contributed by atoms with Crippen molar-refractivity contribution in [1.29, 1.82) is 0 Å². The van der Waals surface area contributed by atoms with Gasteiger partial charge in [-0.15, -0.1) is 0 Å². The van der Waals surface area contributed by atoms with Crippen LogP contribution in [0.5, 0.6) is 11.5 Å². The molecule has 0 spiro atoms. The Morgan fingerprint density at radius 3 is 2.43 bits per heavy atom. The van der Waals surface area contributed by atoms with E-state index in [9.17, 15) is 9.59 Å². The highest BCUT2D eigenvalue weighted by atomic mass is 127. The quantitative estimate of drug-likeness (QED) is 0.477. The van der Waals surface area contributed by atoms with Gasteiger partial charge in [-0.05, 0) is 84.8 Å². The fourth-order valence-corrected chi connectivity index (χ4v) is 3.13. The summed E-state index contributed by atoms with van der Waals surface area (Å²) in [5.41, 5.74) is 0.875. The summed E-state index contributed by atoms with van der Waals surface area (Å²) in [6, 6.07) is 14.3. The SMILES string of the molecule is CCC(C)NC(=O)C(C)N(Cc1cccc(OC)c1)C(=O)COc1ccc(I)cc1. The van der Waals surface area contributed by atoms with Crippen LogP contribution in [-0.2, 0) is 16.1 Å². The van der Waals surface area contributed by atoms with Crippen LogP contribution in [0.2, 0.25) is 0 Å². The van der Waals surface area contributed by atoms with E-state index in [0.29, 0.717) is 11.5 Å². The molecule has 0 aliphatic carbocycles. The Hall–Kier alpha value is -2.29. The van der Waals surface area contributed by atoms with Crippen molar-refractivity contribution in [3.63, 3.8) is 0 Å². The molecule has 30 heavy (non-hydrogen) atoms. The molecule has 162 valence electrons. The van der Waals surface area contributed by atoms with E-state index in [1.807, 2.05) is 62.4 Å². The molecule has 0 fully saturated rings. The maximum atomic E-state index is 13.0. The molecule has 0 bridgehead atoms. The molecular weight excluding hydrogens is 495 g/mol. The van der Waals surface area contributed by atoms with E-state index < -0.39 is 6.04 Å². The van der Waals surface area contributed by atoms with Crippen molar-refractivity contribution in [3.8, 4) is 11.5 Å². The lowest BCUT2D eigenvalue weighted by Gasteiger charge is -2.29. The monoisotopic (exact) mass is 524 g/mol. The highest BCUT2D eigenvalue weighted by molar-refractivity contribution is 14.1. The van der Waals surface area contributed by atoms with Gasteiger partial charge in [0.1, 0.15) is 17.5 Å². The van der Waals surface area contributed by atoms with Crippen LogP contribution >= 0.6 is 22.6 Å². The topological polar surface area (TPSA) is 67.9 Å². The van der Waals surface area contributed by atoms with Crippen molar-refractivity contribution in [2.24, 2.45) is 0 Å². The summed E-state index contributed by atoms with van der Waals surface area (Å²) in [4.78, 5) is 27.3. The molecule has 0 aliphatic rings. The van der Waals surface area contributed by atoms with Gasteiger partial charge in [0.05, 0.1) is 7.11 Å². The number of carbonyl (C=O) groups is 2. The molecule has 1 N–H and O–H groups in total. The number of nitrogens with one attached hydrogen (secondary N) is 1. The van der Waals surface area contributed by atoms with E-state index >= 15 is 0 Å². The number of rotatable bonds is 10. The Morgan fingerprint density at radius 2 is 1.80 bits per heavy atom. The van der Waals surface area contributed by atoms with E-state index in [1.54, 1.807) is 18.9 Å². The van der Waals surface area contributed by atoms with E-state index in [2.05, 4.69) is 27.9 Å². The summed E-state index contributed by atoms with van der Waals surface area (Å²) in [5.74, 6) is 0.867. The number of methoxy groups -OCH3 is 1. The van der Waals surface area contributed by atoms with Crippen LogP contribution in [0.25, 0.3) is 0 Å². The average Bonchev–Trinajstić information content (AvgIpc) is 2.76. The zero-order valence-corrected chi connectivity index (χ0v) is 20.0. The predicted octanol–water partition coefficient (Wildman–Crippen LogP) is 4.01. The number of hydrogen-bond donors (Lipinski definition) is 1. The van der Waals surface area contributed by atoms with Crippen LogP contribution in [0.4, 0.5) is 0 Å². The summed E-state index contributed by atoms with van der Waals surface area (Å²) in [5, 5.41) is 2.95. The molecule has 2 aromatic rings. The molecule has 2 aromatic carbocycles. The molecule has 2 amide bonds. The maximum absolute atomic E-state index is 13.0. The Morgan fingerprint density at radius 1 is 1.10 bits per heavy atom. The zero-order valence-electron chi connectivity index (χ0n) is 17.9. The van der Waals surface area contributed by atoms with Gasteiger partial charge in [0, 0.05) is 16.2 Å². The smallest absolute Gasteiger partial charge is 0.261 e. The number of carbonyl (C=O) groups excluding carboxylic acids is 2. The lowest BCUT2D eigenvalue weighted by atomic mass is 10.1. The molecule has 0 heterocycles. The molecular formula is C23H29IN2O4. The summed E-state index contributed by atoms with van der Waals surface area (Å²) >= 11 is 2.21. The highest BCUT2D eigenvalue weighted by Gasteiger charge is 2.27. The Labute approximate surface area is 192 Å². The standard InChI is InChI=1S/C23H29IN2O4/c1-5-16(2)25-23(28)17(3)26(14-18-7-6-8-21(13-18)29-4)22(27)15-30-20-11-9-19(24)10-12-20/h6-13,16-17H,5,14-15H2,1-4H3,(H,25,28). The Kier molecular flexibility index (Phi) is 9.42. The lowest BCUT2D eigenvalue weighted by Crippen LogP contribution is -2.50. The van der Waals surface area contributed by atoms with Gasteiger partial charge in [-0.1, -0.05) is 19.1 Å². The first-order chi connectivity index (χ1) is 14.3. The molecule has 0 radical (unpaired) electrons. The Bertz CT molecular complexity index is 841. The molecule has 6 nitrogen and oxygen atoms in total. The number of hydrogen-bond acceptors (Lipinski definition) is 4. The first-order valence-electron chi connectivity index (χ1n) is 9.95. The highest BCUT2D eigenvalue weighted by Crippen LogP contribution is 2.17. The van der Waals surface area contributed by atoms with Crippen molar-refractivity contribution in [2.45, 2.75) is 45.8 Å². The predicted molar refractivity (Wildman–Crippen MR) is 126 cm³/mol. The fourth-order valence-electron chi connectivity index (χ4n) is 2.77. The van der Waals surface area contributed by atoms with E-state index in [0.717, 1.165) is 15.6 Å². The second kappa shape index (κ2) is 11.8. The molecule has 0 saturated heterocycles. The van der Waals surface area contributed by atoms with Crippen LogP contribution in [0.3, 0.4) is 0 Å². The van der Waals surface area contributed by atoms with Gasteiger partial charge in [0.2, 0.25) is 5.91 Å². The number of amides is 2. The first-order valence-corrected chi connectivity index (χ1v) is 11.0. The number of ether oxygens (including phenoxy) is 2. The van der Waals surface area contributed by atoms with Gasteiger partial charge in [-0.25, -0.2) is 0 Å². The van der Waals surface area contributed by atoms with Crippen LogP contribution in [-0.4, -0.2) is 42.5 Å². The maximum Gasteiger partial charge on any atom is 0.261 e. The van der Waals surface area contributed by atoms with Gasteiger partial charge >= 0.3 is 0 Å². The van der Waals surface area contributed by atoms with Gasteiger partial charge in [-0.2, -0.15) is 0 Å². The molecule has 2 atom stereocenters. The molecule has 0 aromatic heterocycles. The van der Waals surface area contributed by atoms with Crippen LogP contribution in [0.1, 0.15) is 32.8 Å². The van der Waals surface area contributed by atoms with Gasteiger partial charge in [-0.3, -0.25) is 9.59 Å². The van der Waals surface area contributed by atoms with Crippen LogP contribution in [0.15, 0.2) is 48.5 Å². The van der Waals surface area contributed by atoms with E-state index in [1.165, 1.54) is 0 Å². The molecule has 0 saturated carbocycles. The minimum atomic E-state index is -0.641. The summed E-state index contributed by atoms with van der Waals surface area (Å²) < 4.78 is 12.0. The third kappa shape index (κ3) is 7.19. The van der Waals surface area contributed by atoms with Crippen molar-refractivity contribution >= 4 is 34.4 Å². The number of benzene rings is 2. The van der Waals surface area contributed by atoms with E-state index in [4.69, 9.17) is 9.47 Å². The first kappa shape index (κ1) is 24.0. The van der Waals surface area contributed by atoms with E-state index in [-0.39, 0.29) is 31.0 Å². The van der Waals surface area contributed by atoms with Gasteiger partial charge < -0.3 is 19.7 Å².